The normalized spacial score (nSPS) is 22.1. The monoisotopic (exact) mass is 298 g/mol. The highest BCUT2D eigenvalue weighted by Gasteiger charge is 2.21. The first-order chi connectivity index (χ1) is 9.36. The number of piperidine rings is 1. The number of nitrogens with zero attached hydrogens (tertiary/aromatic N) is 1. The van der Waals surface area contributed by atoms with Crippen LogP contribution in [0, 0.1) is 0 Å². The second kappa shape index (κ2) is 7.16. The molecule has 1 atom stereocenters. The topological polar surface area (TPSA) is 33.7 Å². The van der Waals surface area contributed by atoms with E-state index in [2.05, 4.69) is 29.4 Å². The number of para-hydroxylation sites is 1. The van der Waals surface area contributed by atoms with Crippen molar-refractivity contribution < 1.29 is 9.47 Å². The molecule has 0 spiro atoms. The number of hydrogen-bond acceptors (Lipinski definition) is 4. The molecule has 2 heterocycles. The highest BCUT2D eigenvalue weighted by molar-refractivity contribution is 5.85. The summed E-state index contributed by atoms with van der Waals surface area (Å²) < 4.78 is 11.4. The second-order valence-corrected chi connectivity index (χ2v) is 5.30. The SMILES string of the molecule is CNC1CCCN(Cc2cccc3c2OCCO3)C1.Cl. The van der Waals surface area contributed by atoms with Crippen LogP contribution in [0.4, 0.5) is 0 Å². The summed E-state index contributed by atoms with van der Waals surface area (Å²) in [5.74, 6) is 1.84. The summed E-state index contributed by atoms with van der Waals surface area (Å²) in [4.78, 5) is 2.50. The van der Waals surface area contributed by atoms with Crippen molar-refractivity contribution in [2.75, 3.05) is 33.4 Å². The van der Waals surface area contributed by atoms with E-state index in [1.807, 2.05) is 6.07 Å². The summed E-state index contributed by atoms with van der Waals surface area (Å²) >= 11 is 0. The first-order valence-electron chi connectivity index (χ1n) is 7.14. The Morgan fingerprint density at radius 2 is 2.15 bits per heavy atom. The lowest BCUT2D eigenvalue weighted by Gasteiger charge is -2.33. The van der Waals surface area contributed by atoms with Crippen molar-refractivity contribution in [2.45, 2.75) is 25.4 Å². The molecule has 1 unspecified atom stereocenters. The smallest absolute Gasteiger partial charge is 0.165 e. The maximum absolute atomic E-state index is 5.78. The Balaban J connectivity index is 0.00000147. The molecule has 2 aliphatic heterocycles. The van der Waals surface area contributed by atoms with Gasteiger partial charge in [-0.2, -0.15) is 0 Å². The lowest BCUT2D eigenvalue weighted by molar-refractivity contribution is 0.159. The van der Waals surface area contributed by atoms with E-state index in [4.69, 9.17) is 9.47 Å². The fourth-order valence-corrected chi connectivity index (χ4v) is 2.93. The first-order valence-corrected chi connectivity index (χ1v) is 7.14. The number of nitrogens with one attached hydrogen (secondary N) is 1. The highest BCUT2D eigenvalue weighted by atomic mass is 35.5. The van der Waals surface area contributed by atoms with Gasteiger partial charge in [0.15, 0.2) is 11.5 Å². The van der Waals surface area contributed by atoms with Gasteiger partial charge in [-0.25, -0.2) is 0 Å². The van der Waals surface area contributed by atoms with Gasteiger partial charge in [0.2, 0.25) is 0 Å². The number of likely N-dealkylation sites (N-methyl/N-ethyl adjacent to an activating group) is 1. The quantitative estimate of drug-likeness (QED) is 0.926. The number of likely N-dealkylation sites (tertiary alicyclic amines) is 1. The Morgan fingerprint density at radius 1 is 1.30 bits per heavy atom. The number of halogens is 1. The molecule has 1 N–H and O–H groups in total. The van der Waals surface area contributed by atoms with Gasteiger partial charge in [0.05, 0.1) is 0 Å². The standard InChI is InChI=1S/C15H22N2O2.ClH/c1-16-13-5-3-7-17(11-13)10-12-4-2-6-14-15(12)19-9-8-18-14;/h2,4,6,13,16H,3,5,7-11H2,1H3;1H. The van der Waals surface area contributed by atoms with Crippen molar-refractivity contribution in [1.82, 2.24) is 10.2 Å². The largest absolute Gasteiger partial charge is 0.486 e. The fraction of sp³-hybridized carbons (Fsp3) is 0.600. The van der Waals surface area contributed by atoms with E-state index < -0.39 is 0 Å². The summed E-state index contributed by atoms with van der Waals surface area (Å²) in [5, 5.41) is 3.38. The van der Waals surface area contributed by atoms with Crippen molar-refractivity contribution >= 4 is 12.4 Å². The third-order valence-corrected chi connectivity index (χ3v) is 3.96. The van der Waals surface area contributed by atoms with Gasteiger partial charge in [0, 0.05) is 24.7 Å². The Morgan fingerprint density at radius 3 is 3.00 bits per heavy atom. The summed E-state index contributed by atoms with van der Waals surface area (Å²) in [7, 11) is 2.05. The molecular formula is C15H23ClN2O2. The molecule has 0 aromatic heterocycles. The molecule has 0 amide bonds. The van der Waals surface area contributed by atoms with Crippen LogP contribution >= 0.6 is 12.4 Å². The van der Waals surface area contributed by atoms with Crippen LogP contribution in [-0.2, 0) is 6.54 Å². The summed E-state index contributed by atoms with van der Waals surface area (Å²) in [5.41, 5.74) is 1.24. The molecule has 1 fully saturated rings. The van der Waals surface area contributed by atoms with Crippen molar-refractivity contribution in [3.63, 3.8) is 0 Å². The molecular weight excluding hydrogens is 276 g/mol. The van der Waals surface area contributed by atoms with Crippen LogP contribution in [0.2, 0.25) is 0 Å². The first kappa shape index (κ1) is 15.4. The zero-order chi connectivity index (χ0) is 13.1. The van der Waals surface area contributed by atoms with Crippen molar-refractivity contribution in [3.8, 4) is 11.5 Å². The molecule has 1 aromatic rings. The minimum absolute atomic E-state index is 0. The minimum Gasteiger partial charge on any atom is -0.486 e. The average Bonchev–Trinajstić information content (AvgIpc) is 2.48. The molecule has 4 nitrogen and oxygen atoms in total. The molecule has 5 heteroatoms. The fourth-order valence-electron chi connectivity index (χ4n) is 2.93. The Labute approximate surface area is 126 Å². The second-order valence-electron chi connectivity index (χ2n) is 5.30. The molecule has 20 heavy (non-hydrogen) atoms. The maximum Gasteiger partial charge on any atom is 0.165 e. The van der Waals surface area contributed by atoms with Gasteiger partial charge in [-0.1, -0.05) is 12.1 Å². The van der Waals surface area contributed by atoms with Crippen LogP contribution in [0.15, 0.2) is 18.2 Å². The number of fused-ring (bicyclic) bond motifs is 1. The maximum atomic E-state index is 5.78. The number of benzene rings is 1. The lowest BCUT2D eigenvalue weighted by Crippen LogP contribution is -2.43. The highest BCUT2D eigenvalue weighted by Crippen LogP contribution is 2.34. The minimum atomic E-state index is 0. The van der Waals surface area contributed by atoms with E-state index in [0.717, 1.165) is 24.6 Å². The predicted molar refractivity (Wildman–Crippen MR) is 82.0 cm³/mol. The van der Waals surface area contributed by atoms with Crippen LogP contribution < -0.4 is 14.8 Å². The summed E-state index contributed by atoms with van der Waals surface area (Å²) in [6, 6.07) is 6.81. The molecule has 1 aromatic carbocycles. The lowest BCUT2D eigenvalue weighted by atomic mass is 10.0. The molecule has 2 aliphatic rings. The summed E-state index contributed by atoms with van der Waals surface area (Å²) in [6.07, 6.45) is 2.54. The number of ether oxygens (including phenoxy) is 2. The zero-order valence-electron chi connectivity index (χ0n) is 11.9. The van der Waals surface area contributed by atoms with Gasteiger partial charge < -0.3 is 14.8 Å². The average molecular weight is 299 g/mol. The molecule has 0 saturated carbocycles. The summed E-state index contributed by atoms with van der Waals surface area (Å²) in [6.45, 7) is 4.54. The molecule has 0 aliphatic carbocycles. The van der Waals surface area contributed by atoms with E-state index in [9.17, 15) is 0 Å². The van der Waals surface area contributed by atoms with Gasteiger partial charge >= 0.3 is 0 Å². The van der Waals surface area contributed by atoms with Crippen molar-refractivity contribution in [2.24, 2.45) is 0 Å². The third kappa shape index (κ3) is 3.37. The zero-order valence-corrected chi connectivity index (χ0v) is 12.7. The number of rotatable bonds is 3. The van der Waals surface area contributed by atoms with Crippen LogP contribution in [0.1, 0.15) is 18.4 Å². The van der Waals surface area contributed by atoms with Gasteiger partial charge in [-0.3, -0.25) is 4.90 Å². The van der Waals surface area contributed by atoms with Crippen LogP contribution in [0.3, 0.4) is 0 Å². The predicted octanol–water partition coefficient (Wildman–Crippen LogP) is 2.06. The van der Waals surface area contributed by atoms with E-state index in [1.54, 1.807) is 0 Å². The van der Waals surface area contributed by atoms with Gasteiger partial charge in [-0.15, -0.1) is 12.4 Å². The Bertz CT molecular complexity index is 442. The van der Waals surface area contributed by atoms with E-state index in [1.165, 1.54) is 24.9 Å². The van der Waals surface area contributed by atoms with E-state index in [0.29, 0.717) is 19.3 Å². The van der Waals surface area contributed by atoms with E-state index in [-0.39, 0.29) is 12.4 Å². The van der Waals surface area contributed by atoms with Crippen LogP contribution in [0.5, 0.6) is 11.5 Å². The Kier molecular flexibility index (Phi) is 5.52. The van der Waals surface area contributed by atoms with Crippen molar-refractivity contribution in [3.05, 3.63) is 23.8 Å². The van der Waals surface area contributed by atoms with Crippen molar-refractivity contribution in [1.29, 1.82) is 0 Å². The molecule has 3 rings (SSSR count). The molecule has 1 saturated heterocycles. The van der Waals surface area contributed by atoms with Gasteiger partial charge in [-0.05, 0) is 32.5 Å². The van der Waals surface area contributed by atoms with Crippen LogP contribution in [0.25, 0.3) is 0 Å². The van der Waals surface area contributed by atoms with Gasteiger partial charge in [0.1, 0.15) is 13.2 Å². The van der Waals surface area contributed by atoms with Crippen LogP contribution in [-0.4, -0.2) is 44.3 Å². The molecule has 0 radical (unpaired) electrons. The Hall–Kier alpha value is -0.970. The molecule has 112 valence electrons. The number of hydrogen-bond donors (Lipinski definition) is 1. The third-order valence-electron chi connectivity index (χ3n) is 3.96. The van der Waals surface area contributed by atoms with Gasteiger partial charge in [0.25, 0.3) is 0 Å². The van der Waals surface area contributed by atoms with E-state index >= 15 is 0 Å². The molecule has 0 bridgehead atoms.